The van der Waals surface area contributed by atoms with Crippen LogP contribution in [0.2, 0.25) is 0 Å². The van der Waals surface area contributed by atoms with Crippen molar-refractivity contribution in [2.24, 2.45) is 0 Å². The standard InChI is InChI=1S/C23H20N4O2S/c28-22(17-6-4-9-19(16-17)29-18-7-2-1-3-8-18)26-12-14-27(15-13-26)23-25-20-10-5-11-24-21(20)30-23/h1-11,16H,12-15H2. The van der Waals surface area contributed by atoms with Gasteiger partial charge < -0.3 is 14.5 Å². The number of carbonyl (C=O) groups excluding carboxylic acids is 1. The highest BCUT2D eigenvalue weighted by atomic mass is 32.1. The Labute approximate surface area is 178 Å². The van der Waals surface area contributed by atoms with Crippen molar-refractivity contribution >= 4 is 32.7 Å². The predicted octanol–water partition coefficient (Wildman–Crippen LogP) is 4.45. The number of fused-ring (bicyclic) bond motifs is 1. The summed E-state index contributed by atoms with van der Waals surface area (Å²) < 4.78 is 5.87. The maximum atomic E-state index is 13.0. The number of aromatic nitrogens is 2. The number of piperazine rings is 1. The summed E-state index contributed by atoms with van der Waals surface area (Å²) in [6.45, 7) is 2.83. The second-order valence-electron chi connectivity index (χ2n) is 7.05. The summed E-state index contributed by atoms with van der Waals surface area (Å²) in [6, 6.07) is 20.8. The summed E-state index contributed by atoms with van der Waals surface area (Å²) in [5, 5.41) is 0.967. The van der Waals surface area contributed by atoms with E-state index >= 15 is 0 Å². The van der Waals surface area contributed by atoms with Gasteiger partial charge in [-0.15, -0.1) is 0 Å². The third kappa shape index (κ3) is 3.84. The SMILES string of the molecule is O=C(c1cccc(Oc2ccccc2)c1)N1CCN(c2nc3cccnc3s2)CC1. The Morgan fingerprint density at radius 3 is 2.50 bits per heavy atom. The molecule has 2 aromatic heterocycles. The van der Waals surface area contributed by atoms with E-state index in [4.69, 9.17) is 4.74 Å². The summed E-state index contributed by atoms with van der Waals surface area (Å²) >= 11 is 1.60. The van der Waals surface area contributed by atoms with E-state index in [1.54, 1.807) is 23.6 Å². The number of benzene rings is 2. The topological polar surface area (TPSA) is 58.6 Å². The smallest absolute Gasteiger partial charge is 0.254 e. The first kappa shape index (κ1) is 18.6. The Kier molecular flexibility index (Phi) is 5.03. The van der Waals surface area contributed by atoms with E-state index in [2.05, 4.69) is 14.9 Å². The van der Waals surface area contributed by atoms with E-state index in [0.717, 1.165) is 34.3 Å². The molecule has 1 amide bonds. The van der Waals surface area contributed by atoms with Crippen molar-refractivity contribution in [2.45, 2.75) is 0 Å². The molecule has 1 aliphatic heterocycles. The van der Waals surface area contributed by atoms with Crippen molar-refractivity contribution in [1.82, 2.24) is 14.9 Å². The van der Waals surface area contributed by atoms with Crippen molar-refractivity contribution in [2.75, 3.05) is 31.1 Å². The third-order valence-electron chi connectivity index (χ3n) is 5.05. The maximum absolute atomic E-state index is 13.0. The molecule has 1 aliphatic rings. The van der Waals surface area contributed by atoms with Crippen LogP contribution in [0.1, 0.15) is 10.4 Å². The quantitative estimate of drug-likeness (QED) is 0.492. The Hall–Kier alpha value is -3.45. The molecule has 1 fully saturated rings. The van der Waals surface area contributed by atoms with Crippen LogP contribution in [0, 0.1) is 0 Å². The number of ether oxygens (including phenoxy) is 1. The van der Waals surface area contributed by atoms with Gasteiger partial charge >= 0.3 is 0 Å². The molecular weight excluding hydrogens is 396 g/mol. The molecule has 6 nitrogen and oxygen atoms in total. The summed E-state index contributed by atoms with van der Waals surface area (Å²) in [5.74, 6) is 1.44. The van der Waals surface area contributed by atoms with Crippen LogP contribution in [0.25, 0.3) is 10.3 Å². The van der Waals surface area contributed by atoms with E-state index < -0.39 is 0 Å². The number of amides is 1. The van der Waals surface area contributed by atoms with Crippen molar-refractivity contribution < 1.29 is 9.53 Å². The first-order valence-electron chi connectivity index (χ1n) is 9.85. The lowest BCUT2D eigenvalue weighted by Crippen LogP contribution is -2.48. The largest absolute Gasteiger partial charge is 0.457 e. The van der Waals surface area contributed by atoms with Gasteiger partial charge in [0.25, 0.3) is 5.91 Å². The summed E-state index contributed by atoms with van der Waals surface area (Å²) in [7, 11) is 0. The number of rotatable bonds is 4. The van der Waals surface area contributed by atoms with Gasteiger partial charge in [0.15, 0.2) is 5.13 Å². The maximum Gasteiger partial charge on any atom is 0.254 e. The van der Waals surface area contributed by atoms with Gasteiger partial charge in [0.2, 0.25) is 0 Å². The molecule has 1 saturated heterocycles. The molecule has 4 aromatic rings. The lowest BCUT2D eigenvalue weighted by Gasteiger charge is -2.34. The number of hydrogen-bond acceptors (Lipinski definition) is 6. The van der Waals surface area contributed by atoms with Gasteiger partial charge in [-0.2, -0.15) is 0 Å². The highest BCUT2D eigenvalue weighted by molar-refractivity contribution is 7.21. The van der Waals surface area contributed by atoms with Gasteiger partial charge in [-0.1, -0.05) is 35.6 Å². The fraction of sp³-hybridized carbons (Fsp3) is 0.174. The Morgan fingerprint density at radius 2 is 1.70 bits per heavy atom. The van der Waals surface area contributed by atoms with Crippen LogP contribution in [0.3, 0.4) is 0 Å². The van der Waals surface area contributed by atoms with Crippen LogP contribution in [0.5, 0.6) is 11.5 Å². The molecule has 0 atom stereocenters. The second-order valence-corrected chi connectivity index (χ2v) is 8.00. The minimum absolute atomic E-state index is 0.0270. The molecule has 0 radical (unpaired) electrons. The van der Waals surface area contributed by atoms with Crippen LogP contribution in [0.4, 0.5) is 5.13 Å². The van der Waals surface area contributed by atoms with Crippen LogP contribution < -0.4 is 9.64 Å². The van der Waals surface area contributed by atoms with Crippen molar-refractivity contribution in [3.63, 3.8) is 0 Å². The molecule has 0 aliphatic carbocycles. The summed E-state index contributed by atoms with van der Waals surface area (Å²) in [6.07, 6.45) is 1.79. The molecule has 3 heterocycles. The lowest BCUT2D eigenvalue weighted by atomic mass is 10.1. The van der Waals surface area contributed by atoms with Crippen molar-refractivity contribution in [3.8, 4) is 11.5 Å². The molecule has 0 N–H and O–H groups in total. The molecule has 150 valence electrons. The van der Waals surface area contributed by atoms with Crippen LogP contribution in [-0.4, -0.2) is 47.0 Å². The Bertz CT molecular complexity index is 1140. The molecule has 7 heteroatoms. The second kappa shape index (κ2) is 8.12. The van der Waals surface area contributed by atoms with Gasteiger partial charge in [0.05, 0.1) is 0 Å². The average Bonchev–Trinajstić information content (AvgIpc) is 3.24. The fourth-order valence-electron chi connectivity index (χ4n) is 3.49. The molecular formula is C23H20N4O2S. The van der Waals surface area contributed by atoms with Gasteiger partial charge in [0.1, 0.15) is 21.8 Å². The van der Waals surface area contributed by atoms with Gasteiger partial charge in [-0.25, -0.2) is 9.97 Å². The first-order chi connectivity index (χ1) is 14.8. The predicted molar refractivity (Wildman–Crippen MR) is 118 cm³/mol. The van der Waals surface area contributed by atoms with E-state index in [0.29, 0.717) is 24.4 Å². The van der Waals surface area contributed by atoms with E-state index in [1.807, 2.05) is 65.6 Å². The molecule has 0 bridgehead atoms. The van der Waals surface area contributed by atoms with Gasteiger partial charge in [-0.3, -0.25) is 4.79 Å². The number of para-hydroxylation sites is 1. The number of anilines is 1. The van der Waals surface area contributed by atoms with E-state index in [1.165, 1.54) is 0 Å². The molecule has 0 spiro atoms. The average molecular weight is 417 g/mol. The van der Waals surface area contributed by atoms with Crippen LogP contribution in [-0.2, 0) is 0 Å². The number of pyridine rings is 1. The van der Waals surface area contributed by atoms with Gasteiger partial charge in [0, 0.05) is 37.9 Å². The zero-order valence-corrected chi connectivity index (χ0v) is 17.1. The lowest BCUT2D eigenvalue weighted by molar-refractivity contribution is 0.0746. The highest BCUT2D eigenvalue weighted by Crippen LogP contribution is 2.28. The van der Waals surface area contributed by atoms with Crippen LogP contribution in [0.15, 0.2) is 72.9 Å². The molecule has 5 rings (SSSR count). The number of carbonyl (C=O) groups is 1. The molecule has 2 aromatic carbocycles. The molecule has 0 saturated carbocycles. The zero-order chi connectivity index (χ0) is 20.3. The normalized spacial score (nSPS) is 14.1. The minimum atomic E-state index is 0.0270. The number of thiazole rings is 1. The zero-order valence-electron chi connectivity index (χ0n) is 16.3. The van der Waals surface area contributed by atoms with Gasteiger partial charge in [-0.05, 0) is 42.5 Å². The summed E-state index contributed by atoms with van der Waals surface area (Å²) in [5.41, 5.74) is 1.56. The first-order valence-corrected chi connectivity index (χ1v) is 10.7. The summed E-state index contributed by atoms with van der Waals surface area (Å²) in [4.78, 5) is 27.1. The number of hydrogen-bond donors (Lipinski definition) is 0. The monoisotopic (exact) mass is 416 g/mol. The van der Waals surface area contributed by atoms with Crippen molar-refractivity contribution in [1.29, 1.82) is 0 Å². The minimum Gasteiger partial charge on any atom is -0.457 e. The fourth-order valence-corrected chi connectivity index (χ4v) is 4.45. The van der Waals surface area contributed by atoms with E-state index in [9.17, 15) is 4.79 Å². The van der Waals surface area contributed by atoms with E-state index in [-0.39, 0.29) is 5.91 Å². The van der Waals surface area contributed by atoms with Crippen molar-refractivity contribution in [3.05, 3.63) is 78.5 Å². The third-order valence-corrected chi connectivity index (χ3v) is 6.09. The molecule has 30 heavy (non-hydrogen) atoms. The molecule has 0 unspecified atom stereocenters. The Morgan fingerprint density at radius 1 is 0.900 bits per heavy atom. The number of nitrogens with zero attached hydrogens (tertiary/aromatic N) is 4. The highest BCUT2D eigenvalue weighted by Gasteiger charge is 2.24. The Balaban J connectivity index is 1.25. The van der Waals surface area contributed by atoms with Crippen LogP contribution >= 0.6 is 11.3 Å².